The molecule has 166 valence electrons. The Morgan fingerprint density at radius 3 is 1.87 bits per heavy atom. The van der Waals surface area contributed by atoms with Gasteiger partial charge in [0, 0.05) is 26.2 Å². The number of benzene rings is 1. The van der Waals surface area contributed by atoms with E-state index in [0.717, 1.165) is 31.2 Å². The zero-order valence-corrected chi connectivity index (χ0v) is 18.3. The van der Waals surface area contributed by atoms with Crippen molar-refractivity contribution in [3.63, 3.8) is 0 Å². The number of carbonyl (C=O) groups excluding carboxylic acids is 2. The fourth-order valence-corrected chi connectivity index (χ4v) is 3.76. The maximum Gasteiger partial charge on any atom is 0.410 e. The Bertz CT molecular complexity index is 687. The van der Waals surface area contributed by atoms with Gasteiger partial charge in [0.25, 0.3) is 0 Å². The van der Waals surface area contributed by atoms with Crippen LogP contribution in [-0.2, 0) is 20.8 Å². The van der Waals surface area contributed by atoms with Gasteiger partial charge in [-0.15, -0.1) is 0 Å². The van der Waals surface area contributed by atoms with Crippen molar-refractivity contribution >= 4 is 12.2 Å². The van der Waals surface area contributed by atoms with Crippen molar-refractivity contribution in [1.82, 2.24) is 9.80 Å². The van der Waals surface area contributed by atoms with E-state index in [0.29, 0.717) is 32.8 Å². The Balaban J connectivity index is 1.33. The first kappa shape index (κ1) is 22.4. The third-order valence-corrected chi connectivity index (χ3v) is 5.38. The van der Waals surface area contributed by atoms with Crippen LogP contribution in [0.15, 0.2) is 30.3 Å². The van der Waals surface area contributed by atoms with E-state index in [1.165, 1.54) is 0 Å². The third-order valence-electron chi connectivity index (χ3n) is 5.38. The zero-order valence-electron chi connectivity index (χ0n) is 18.3. The summed E-state index contributed by atoms with van der Waals surface area (Å²) in [5.74, 6) is 0. The number of likely N-dealkylation sites (tertiary alicyclic amines) is 2. The molecule has 0 aliphatic carbocycles. The molecule has 1 aromatic carbocycles. The third kappa shape index (κ3) is 6.90. The number of hydrogen-bond donors (Lipinski definition) is 0. The molecule has 0 bridgehead atoms. The molecule has 0 atom stereocenters. The van der Waals surface area contributed by atoms with Crippen LogP contribution in [0.5, 0.6) is 0 Å². The fraction of sp³-hybridized carbons (Fsp3) is 0.652. The number of amides is 2. The summed E-state index contributed by atoms with van der Waals surface area (Å²) in [7, 11) is 0. The van der Waals surface area contributed by atoms with Gasteiger partial charge < -0.3 is 24.0 Å². The molecule has 2 saturated heterocycles. The smallest absolute Gasteiger partial charge is 0.410 e. The van der Waals surface area contributed by atoms with Gasteiger partial charge in [-0.2, -0.15) is 0 Å². The molecule has 1 aromatic rings. The number of ether oxygens (including phenoxy) is 3. The molecule has 0 unspecified atom stereocenters. The average molecular weight is 419 g/mol. The molecule has 0 spiro atoms. The molecule has 2 heterocycles. The van der Waals surface area contributed by atoms with E-state index < -0.39 is 5.60 Å². The van der Waals surface area contributed by atoms with Crippen molar-refractivity contribution in [3.8, 4) is 0 Å². The van der Waals surface area contributed by atoms with Crippen molar-refractivity contribution in [1.29, 1.82) is 0 Å². The molecule has 0 radical (unpaired) electrons. The predicted molar refractivity (Wildman–Crippen MR) is 113 cm³/mol. The number of hydrogen-bond acceptors (Lipinski definition) is 5. The first-order valence-electron chi connectivity index (χ1n) is 10.9. The largest absolute Gasteiger partial charge is 0.445 e. The van der Waals surface area contributed by atoms with E-state index in [4.69, 9.17) is 14.2 Å². The van der Waals surface area contributed by atoms with Crippen LogP contribution >= 0.6 is 0 Å². The number of rotatable bonds is 4. The number of carbonyl (C=O) groups is 2. The van der Waals surface area contributed by atoms with Gasteiger partial charge in [0.15, 0.2) is 0 Å². The van der Waals surface area contributed by atoms with Gasteiger partial charge in [0.05, 0.1) is 12.2 Å². The van der Waals surface area contributed by atoms with Crippen molar-refractivity contribution in [2.24, 2.45) is 0 Å². The van der Waals surface area contributed by atoms with Crippen molar-refractivity contribution in [2.75, 3.05) is 26.2 Å². The minimum Gasteiger partial charge on any atom is -0.445 e. The van der Waals surface area contributed by atoms with Crippen molar-refractivity contribution in [3.05, 3.63) is 35.9 Å². The molecular weight excluding hydrogens is 384 g/mol. The molecule has 3 rings (SSSR count). The Kier molecular flexibility index (Phi) is 7.58. The summed E-state index contributed by atoms with van der Waals surface area (Å²) in [6, 6.07) is 9.70. The minimum absolute atomic E-state index is 0.154. The maximum atomic E-state index is 12.3. The SMILES string of the molecule is CC(C)(C)OC(=O)N1CCC(OC2CCN(C(=O)OCc3ccccc3)CC2)CC1. The Morgan fingerprint density at radius 1 is 0.867 bits per heavy atom. The quantitative estimate of drug-likeness (QED) is 0.733. The number of piperidine rings is 2. The molecule has 0 aromatic heterocycles. The maximum absolute atomic E-state index is 12.3. The molecule has 2 aliphatic rings. The lowest BCUT2D eigenvalue weighted by Crippen LogP contribution is -2.46. The van der Waals surface area contributed by atoms with Crippen LogP contribution < -0.4 is 0 Å². The zero-order chi connectivity index (χ0) is 21.6. The minimum atomic E-state index is -0.472. The van der Waals surface area contributed by atoms with Crippen LogP contribution in [-0.4, -0.2) is 66.0 Å². The molecule has 0 N–H and O–H groups in total. The highest BCUT2D eigenvalue weighted by Gasteiger charge is 2.30. The van der Waals surface area contributed by atoms with Gasteiger partial charge >= 0.3 is 12.2 Å². The van der Waals surface area contributed by atoms with Gasteiger partial charge in [-0.1, -0.05) is 30.3 Å². The molecule has 30 heavy (non-hydrogen) atoms. The van der Waals surface area contributed by atoms with Crippen LogP contribution in [0.4, 0.5) is 9.59 Å². The highest BCUT2D eigenvalue weighted by atomic mass is 16.6. The van der Waals surface area contributed by atoms with Gasteiger partial charge in [0.2, 0.25) is 0 Å². The average Bonchev–Trinajstić information content (AvgIpc) is 2.72. The van der Waals surface area contributed by atoms with Gasteiger partial charge in [-0.05, 0) is 52.0 Å². The van der Waals surface area contributed by atoms with Crippen LogP contribution in [0, 0.1) is 0 Å². The van der Waals surface area contributed by atoms with Gasteiger partial charge in [-0.25, -0.2) is 9.59 Å². The molecule has 7 nitrogen and oxygen atoms in total. The summed E-state index contributed by atoms with van der Waals surface area (Å²) in [5.41, 5.74) is 0.516. The summed E-state index contributed by atoms with van der Waals surface area (Å²) in [6.07, 6.45) is 3.06. The van der Waals surface area contributed by atoms with Gasteiger partial charge in [0.1, 0.15) is 12.2 Å². The molecule has 2 amide bonds. The van der Waals surface area contributed by atoms with Crippen LogP contribution in [0.3, 0.4) is 0 Å². The molecule has 2 aliphatic heterocycles. The van der Waals surface area contributed by atoms with Crippen LogP contribution in [0.2, 0.25) is 0 Å². The lowest BCUT2D eigenvalue weighted by Gasteiger charge is -2.37. The standard InChI is InChI=1S/C23H34N2O5/c1-23(2,3)30-22(27)25-15-11-20(12-16-25)29-19-9-13-24(14-10-19)21(26)28-17-18-7-5-4-6-8-18/h4-8,19-20H,9-17H2,1-3H3. The molecule has 7 heteroatoms. The fourth-order valence-electron chi connectivity index (χ4n) is 3.76. The predicted octanol–water partition coefficient (Wildman–Crippen LogP) is 4.20. The molecule has 2 fully saturated rings. The van der Waals surface area contributed by atoms with Gasteiger partial charge in [-0.3, -0.25) is 0 Å². The molecular formula is C23H34N2O5. The Hall–Kier alpha value is -2.28. The summed E-state index contributed by atoms with van der Waals surface area (Å²) < 4.78 is 17.1. The first-order chi connectivity index (χ1) is 14.3. The van der Waals surface area contributed by atoms with Crippen LogP contribution in [0.25, 0.3) is 0 Å². The molecule has 0 saturated carbocycles. The first-order valence-corrected chi connectivity index (χ1v) is 10.9. The Labute approximate surface area is 179 Å². The monoisotopic (exact) mass is 418 g/mol. The van der Waals surface area contributed by atoms with Crippen LogP contribution in [0.1, 0.15) is 52.0 Å². The van der Waals surface area contributed by atoms with E-state index in [2.05, 4.69) is 0 Å². The van der Waals surface area contributed by atoms with E-state index >= 15 is 0 Å². The second-order valence-corrected chi connectivity index (χ2v) is 9.03. The number of nitrogens with zero attached hydrogens (tertiary/aromatic N) is 2. The highest BCUT2D eigenvalue weighted by molar-refractivity contribution is 5.68. The second-order valence-electron chi connectivity index (χ2n) is 9.03. The normalized spacial score (nSPS) is 18.9. The summed E-state index contributed by atoms with van der Waals surface area (Å²) >= 11 is 0. The van der Waals surface area contributed by atoms with Crippen molar-refractivity contribution in [2.45, 2.75) is 70.9 Å². The summed E-state index contributed by atoms with van der Waals surface area (Å²) in [5, 5.41) is 0. The topological polar surface area (TPSA) is 68.3 Å². The second kappa shape index (κ2) is 10.2. The summed E-state index contributed by atoms with van der Waals surface area (Å²) in [6.45, 7) is 8.55. The van der Waals surface area contributed by atoms with E-state index in [9.17, 15) is 9.59 Å². The lowest BCUT2D eigenvalue weighted by molar-refractivity contribution is -0.0650. The van der Waals surface area contributed by atoms with Crippen molar-refractivity contribution < 1.29 is 23.8 Å². The lowest BCUT2D eigenvalue weighted by atomic mass is 10.0. The van der Waals surface area contributed by atoms with E-state index in [1.54, 1.807) is 9.80 Å². The van der Waals surface area contributed by atoms with E-state index in [1.807, 2.05) is 51.1 Å². The highest BCUT2D eigenvalue weighted by Crippen LogP contribution is 2.22. The van der Waals surface area contributed by atoms with E-state index in [-0.39, 0.29) is 24.4 Å². The Morgan fingerprint density at radius 2 is 1.37 bits per heavy atom. The summed E-state index contributed by atoms with van der Waals surface area (Å²) in [4.78, 5) is 28.0.